The molecule has 1 aliphatic rings. The van der Waals surface area contributed by atoms with Gasteiger partial charge in [0.25, 0.3) is 0 Å². The lowest BCUT2D eigenvalue weighted by Gasteiger charge is -2.20. The van der Waals surface area contributed by atoms with Crippen LogP contribution < -0.4 is 5.11 Å². The topological polar surface area (TPSA) is 79.2 Å². The van der Waals surface area contributed by atoms with E-state index in [-0.39, 0.29) is 17.4 Å². The van der Waals surface area contributed by atoms with E-state index >= 15 is 0 Å². The highest BCUT2D eigenvalue weighted by atomic mass is 16.3. The summed E-state index contributed by atoms with van der Waals surface area (Å²) in [7, 11) is 3.16. The molecule has 0 spiro atoms. The number of aliphatic imine (C=N–C) groups is 2. The SMILES string of the molecule is CN(C)C([O-])=C1N=CN=C1[N+]#N. The van der Waals surface area contributed by atoms with Crippen LogP contribution in [0.3, 0.4) is 0 Å². The maximum Gasteiger partial charge on any atom is 0.492 e. The molecule has 0 radical (unpaired) electrons. The molecule has 0 aliphatic carbocycles. The van der Waals surface area contributed by atoms with Gasteiger partial charge in [-0.1, -0.05) is 0 Å². The first-order chi connectivity index (χ1) is 5.66. The van der Waals surface area contributed by atoms with Crippen molar-refractivity contribution in [1.29, 1.82) is 5.39 Å². The number of hydrogen-bond donors (Lipinski definition) is 0. The van der Waals surface area contributed by atoms with Crippen molar-refractivity contribution in [2.75, 3.05) is 14.1 Å². The van der Waals surface area contributed by atoms with Gasteiger partial charge in [0.1, 0.15) is 0 Å². The molecule has 62 valence electrons. The van der Waals surface area contributed by atoms with Crippen LogP contribution in [-0.2, 0) is 0 Å². The van der Waals surface area contributed by atoms with E-state index in [1.54, 1.807) is 14.1 Å². The Balaban J connectivity index is 3.06. The van der Waals surface area contributed by atoms with E-state index in [2.05, 4.69) is 15.0 Å². The van der Waals surface area contributed by atoms with Gasteiger partial charge in [-0.25, -0.2) is 4.99 Å². The summed E-state index contributed by atoms with van der Waals surface area (Å²) >= 11 is 0. The maximum atomic E-state index is 11.2. The Kier molecular flexibility index (Phi) is 2.05. The van der Waals surface area contributed by atoms with Crippen LogP contribution in [0.25, 0.3) is 4.98 Å². The molecule has 1 rings (SSSR count). The fraction of sp³-hybridized carbons (Fsp3) is 0.333. The average Bonchev–Trinajstić information content (AvgIpc) is 2.49. The fourth-order valence-corrected chi connectivity index (χ4v) is 0.696. The molecule has 0 amide bonds. The second-order valence-electron chi connectivity index (χ2n) is 2.35. The number of diazo groups is 1. The molecular formula is C6H7N5O. The zero-order valence-corrected chi connectivity index (χ0v) is 6.72. The fourth-order valence-electron chi connectivity index (χ4n) is 0.696. The summed E-state index contributed by atoms with van der Waals surface area (Å²) in [4.78, 5) is 11.4. The first-order valence-corrected chi connectivity index (χ1v) is 3.21. The molecule has 0 aromatic rings. The van der Waals surface area contributed by atoms with Crippen LogP contribution >= 0.6 is 0 Å². The Morgan fingerprint density at radius 1 is 1.67 bits per heavy atom. The molecule has 0 aromatic heterocycles. The zero-order valence-electron chi connectivity index (χ0n) is 6.72. The van der Waals surface area contributed by atoms with Crippen LogP contribution in [0, 0.1) is 5.39 Å². The van der Waals surface area contributed by atoms with E-state index in [1.165, 1.54) is 11.2 Å². The molecule has 0 atom stereocenters. The molecule has 1 aliphatic heterocycles. The summed E-state index contributed by atoms with van der Waals surface area (Å²) < 4.78 is 0. The van der Waals surface area contributed by atoms with Crippen molar-refractivity contribution in [3.05, 3.63) is 16.6 Å². The molecular weight excluding hydrogens is 158 g/mol. The number of amidine groups is 1. The second kappa shape index (κ2) is 3.00. The smallest absolute Gasteiger partial charge is 0.492 e. The van der Waals surface area contributed by atoms with Gasteiger partial charge in [0, 0.05) is 19.1 Å². The molecule has 1 heterocycles. The van der Waals surface area contributed by atoms with E-state index in [1.807, 2.05) is 0 Å². The van der Waals surface area contributed by atoms with Crippen LogP contribution in [0.4, 0.5) is 0 Å². The van der Waals surface area contributed by atoms with Gasteiger partial charge >= 0.3 is 5.84 Å². The van der Waals surface area contributed by atoms with E-state index in [4.69, 9.17) is 5.39 Å². The monoisotopic (exact) mass is 165 g/mol. The minimum atomic E-state index is -0.333. The minimum Gasteiger partial charge on any atom is -0.859 e. The zero-order chi connectivity index (χ0) is 9.14. The van der Waals surface area contributed by atoms with Crippen molar-refractivity contribution >= 4 is 12.2 Å². The van der Waals surface area contributed by atoms with Crippen LogP contribution in [0.5, 0.6) is 0 Å². The summed E-state index contributed by atoms with van der Waals surface area (Å²) in [6.07, 6.45) is 1.17. The summed E-state index contributed by atoms with van der Waals surface area (Å²) in [5.74, 6) is -0.381. The molecule has 0 N–H and O–H groups in total. The Bertz CT molecular complexity index is 319. The predicted molar refractivity (Wildman–Crippen MR) is 41.7 cm³/mol. The molecule has 0 saturated carbocycles. The summed E-state index contributed by atoms with van der Waals surface area (Å²) in [6, 6.07) is 0. The Morgan fingerprint density at radius 2 is 2.33 bits per heavy atom. The third kappa shape index (κ3) is 1.25. The highest BCUT2D eigenvalue weighted by molar-refractivity contribution is 6.11. The average molecular weight is 165 g/mol. The van der Waals surface area contributed by atoms with Crippen molar-refractivity contribution in [3.8, 4) is 0 Å². The molecule has 0 bridgehead atoms. The molecule has 0 aromatic carbocycles. The van der Waals surface area contributed by atoms with E-state index in [0.717, 1.165) is 0 Å². The van der Waals surface area contributed by atoms with Crippen molar-refractivity contribution in [2.24, 2.45) is 9.98 Å². The van der Waals surface area contributed by atoms with Crippen LogP contribution in [0.1, 0.15) is 0 Å². The summed E-state index contributed by atoms with van der Waals surface area (Å²) in [5, 5.41) is 19.6. The van der Waals surface area contributed by atoms with Crippen molar-refractivity contribution in [3.63, 3.8) is 0 Å². The van der Waals surface area contributed by atoms with E-state index < -0.39 is 0 Å². The molecule has 0 unspecified atom stereocenters. The molecule has 6 heteroatoms. The third-order valence-corrected chi connectivity index (χ3v) is 1.28. The Hall–Kier alpha value is -1.90. The predicted octanol–water partition coefficient (Wildman–Crippen LogP) is -0.629. The van der Waals surface area contributed by atoms with Gasteiger partial charge < -0.3 is 10.0 Å². The van der Waals surface area contributed by atoms with E-state index in [9.17, 15) is 5.11 Å². The lowest BCUT2D eigenvalue weighted by molar-refractivity contribution is -0.330. The van der Waals surface area contributed by atoms with Gasteiger partial charge in [0.05, 0.1) is 5.39 Å². The molecule has 0 saturated heterocycles. The maximum absolute atomic E-state index is 11.2. The van der Waals surface area contributed by atoms with Gasteiger partial charge in [-0.05, 0) is 10.9 Å². The number of hydrogen-bond acceptors (Lipinski definition) is 5. The van der Waals surface area contributed by atoms with Gasteiger partial charge in [-0.3, -0.25) is 0 Å². The van der Waals surface area contributed by atoms with Crippen LogP contribution in [0.2, 0.25) is 0 Å². The quantitative estimate of drug-likeness (QED) is 0.383. The molecule has 12 heavy (non-hydrogen) atoms. The lowest BCUT2D eigenvalue weighted by Crippen LogP contribution is -2.25. The first-order valence-electron chi connectivity index (χ1n) is 3.21. The standard InChI is InChI=1S/C6H7N5O/c1-11(2)6(12)4-5(10-7)9-3-8-4/h3H,1-2H3. The van der Waals surface area contributed by atoms with Gasteiger partial charge in [-0.15, -0.1) is 0 Å². The minimum absolute atomic E-state index is 0.0475. The number of nitrogens with zero attached hydrogens (tertiary/aromatic N) is 5. The Labute approximate surface area is 69.2 Å². The molecule has 0 fully saturated rings. The van der Waals surface area contributed by atoms with Crippen molar-refractivity contribution in [1.82, 2.24) is 4.90 Å². The first kappa shape index (κ1) is 8.20. The second-order valence-corrected chi connectivity index (χ2v) is 2.35. The molecule has 6 nitrogen and oxygen atoms in total. The van der Waals surface area contributed by atoms with Crippen molar-refractivity contribution in [2.45, 2.75) is 0 Å². The highest BCUT2D eigenvalue weighted by Gasteiger charge is 2.24. The highest BCUT2D eigenvalue weighted by Crippen LogP contribution is 2.10. The summed E-state index contributed by atoms with van der Waals surface area (Å²) in [6.45, 7) is 0. The largest absolute Gasteiger partial charge is 0.859 e. The summed E-state index contributed by atoms with van der Waals surface area (Å²) in [5.41, 5.74) is 0.0579. The van der Waals surface area contributed by atoms with Crippen molar-refractivity contribution < 1.29 is 5.11 Å². The van der Waals surface area contributed by atoms with Crippen LogP contribution in [-0.4, -0.2) is 31.2 Å². The van der Waals surface area contributed by atoms with Gasteiger partial charge in [0.15, 0.2) is 5.70 Å². The Morgan fingerprint density at radius 3 is 2.83 bits per heavy atom. The van der Waals surface area contributed by atoms with Crippen LogP contribution in [0.15, 0.2) is 21.6 Å². The lowest BCUT2D eigenvalue weighted by atomic mass is 10.4. The van der Waals surface area contributed by atoms with Gasteiger partial charge in [0.2, 0.25) is 6.34 Å². The normalized spacial score (nSPS) is 18.6. The van der Waals surface area contributed by atoms with Gasteiger partial charge in [-0.2, -0.15) is 0 Å². The third-order valence-electron chi connectivity index (χ3n) is 1.28. The number of rotatable bonds is 1. The van der Waals surface area contributed by atoms with E-state index in [0.29, 0.717) is 0 Å².